The molecular formula is C9H8BrNO3. The molecule has 0 aliphatic carbocycles. The van der Waals surface area contributed by atoms with E-state index in [2.05, 4.69) is 27.5 Å². The quantitative estimate of drug-likeness (QED) is 0.663. The number of carbonyl (C=O) groups is 1. The normalized spacial score (nSPS) is 9.50. The summed E-state index contributed by atoms with van der Waals surface area (Å²) in [6.07, 6.45) is 1.54. The molecule has 0 aromatic carbocycles. The Bertz CT molecular complexity index is 365. The van der Waals surface area contributed by atoms with Crippen LogP contribution in [0, 0.1) is 0 Å². The molecule has 0 spiro atoms. The van der Waals surface area contributed by atoms with E-state index in [0.717, 1.165) is 0 Å². The van der Waals surface area contributed by atoms with Gasteiger partial charge in [-0.2, -0.15) is 0 Å². The van der Waals surface area contributed by atoms with E-state index in [4.69, 9.17) is 9.84 Å². The molecule has 0 radical (unpaired) electrons. The van der Waals surface area contributed by atoms with Crippen molar-refractivity contribution in [3.05, 3.63) is 35.1 Å². The van der Waals surface area contributed by atoms with Crippen LogP contribution in [0.15, 0.2) is 29.4 Å². The number of halogens is 1. The fourth-order valence-electron chi connectivity index (χ4n) is 0.841. The van der Waals surface area contributed by atoms with Crippen molar-refractivity contribution in [2.24, 2.45) is 0 Å². The summed E-state index contributed by atoms with van der Waals surface area (Å²) in [6, 6.07) is 3.16. The molecule has 1 N–H and O–H groups in total. The molecule has 4 nitrogen and oxygen atoms in total. The van der Waals surface area contributed by atoms with Crippen LogP contribution in [0.5, 0.6) is 5.75 Å². The number of nitrogens with zero attached hydrogens (tertiary/aromatic N) is 1. The molecule has 0 atom stereocenters. The van der Waals surface area contributed by atoms with E-state index in [1.54, 1.807) is 12.1 Å². The molecule has 1 rings (SSSR count). The highest BCUT2D eigenvalue weighted by Crippen LogP contribution is 2.19. The summed E-state index contributed by atoms with van der Waals surface area (Å²) < 4.78 is 5.58. The SMILES string of the molecule is C=CCOc1ccc(Br)nc1C(=O)O. The van der Waals surface area contributed by atoms with Gasteiger partial charge in [-0.1, -0.05) is 12.7 Å². The van der Waals surface area contributed by atoms with Gasteiger partial charge in [-0.3, -0.25) is 0 Å². The van der Waals surface area contributed by atoms with Gasteiger partial charge in [0.05, 0.1) is 0 Å². The maximum atomic E-state index is 10.7. The van der Waals surface area contributed by atoms with Crippen molar-refractivity contribution in [2.75, 3.05) is 6.61 Å². The lowest BCUT2D eigenvalue weighted by molar-refractivity contribution is 0.0685. The molecule has 0 amide bonds. The standard InChI is InChI=1S/C9H8BrNO3/c1-2-5-14-6-3-4-7(10)11-8(6)9(12)13/h2-4H,1,5H2,(H,12,13). The second-order valence-corrected chi connectivity index (χ2v) is 3.20. The van der Waals surface area contributed by atoms with E-state index >= 15 is 0 Å². The van der Waals surface area contributed by atoms with Crippen LogP contribution in [0.3, 0.4) is 0 Å². The number of hydrogen-bond acceptors (Lipinski definition) is 3. The smallest absolute Gasteiger partial charge is 0.358 e. The Balaban J connectivity index is 3.01. The van der Waals surface area contributed by atoms with Crippen molar-refractivity contribution >= 4 is 21.9 Å². The summed E-state index contributed by atoms with van der Waals surface area (Å²) in [5.74, 6) is -0.883. The molecule has 14 heavy (non-hydrogen) atoms. The van der Waals surface area contributed by atoms with Crippen molar-refractivity contribution in [1.29, 1.82) is 0 Å². The molecule has 0 saturated heterocycles. The third kappa shape index (κ3) is 2.56. The van der Waals surface area contributed by atoms with Crippen LogP contribution < -0.4 is 4.74 Å². The van der Waals surface area contributed by atoms with Gasteiger partial charge in [-0.25, -0.2) is 9.78 Å². The Morgan fingerprint density at radius 1 is 1.71 bits per heavy atom. The van der Waals surface area contributed by atoms with Crippen LogP contribution in [0.25, 0.3) is 0 Å². The van der Waals surface area contributed by atoms with Gasteiger partial charge in [0, 0.05) is 0 Å². The lowest BCUT2D eigenvalue weighted by atomic mass is 10.3. The molecule has 0 bridgehead atoms. The summed E-state index contributed by atoms with van der Waals surface area (Å²) in [6.45, 7) is 3.72. The summed E-state index contributed by atoms with van der Waals surface area (Å²) >= 11 is 3.08. The molecule has 0 unspecified atom stereocenters. The lowest BCUT2D eigenvalue weighted by Gasteiger charge is -2.05. The third-order valence-corrected chi connectivity index (χ3v) is 1.83. The fourth-order valence-corrected chi connectivity index (χ4v) is 1.15. The van der Waals surface area contributed by atoms with Crippen molar-refractivity contribution in [2.45, 2.75) is 0 Å². The number of hydrogen-bond donors (Lipinski definition) is 1. The maximum absolute atomic E-state index is 10.7. The molecule has 5 heteroatoms. The van der Waals surface area contributed by atoms with Gasteiger partial charge in [-0.15, -0.1) is 0 Å². The van der Waals surface area contributed by atoms with E-state index < -0.39 is 5.97 Å². The van der Waals surface area contributed by atoms with E-state index in [-0.39, 0.29) is 18.1 Å². The highest BCUT2D eigenvalue weighted by molar-refractivity contribution is 9.10. The Morgan fingerprint density at radius 3 is 3.00 bits per heavy atom. The van der Waals surface area contributed by atoms with Crippen LogP contribution in [0.4, 0.5) is 0 Å². The average Bonchev–Trinajstić information content (AvgIpc) is 2.15. The molecule has 0 saturated carbocycles. The van der Waals surface area contributed by atoms with E-state index in [0.29, 0.717) is 4.60 Å². The van der Waals surface area contributed by atoms with Crippen molar-refractivity contribution in [1.82, 2.24) is 4.98 Å². The van der Waals surface area contributed by atoms with Gasteiger partial charge in [-0.05, 0) is 28.1 Å². The second-order valence-electron chi connectivity index (χ2n) is 2.39. The van der Waals surface area contributed by atoms with E-state index in [1.165, 1.54) is 6.08 Å². The number of pyridine rings is 1. The summed E-state index contributed by atoms with van der Waals surface area (Å²) in [5.41, 5.74) is -0.110. The zero-order valence-corrected chi connectivity index (χ0v) is 8.82. The third-order valence-electron chi connectivity index (χ3n) is 1.38. The van der Waals surface area contributed by atoms with Crippen molar-refractivity contribution in [3.63, 3.8) is 0 Å². The molecule has 0 fully saturated rings. The minimum atomic E-state index is -1.12. The minimum Gasteiger partial charge on any atom is -0.487 e. The van der Waals surface area contributed by atoms with Gasteiger partial charge in [0.2, 0.25) is 0 Å². The van der Waals surface area contributed by atoms with Crippen LogP contribution in [0.1, 0.15) is 10.5 Å². The predicted octanol–water partition coefficient (Wildman–Crippen LogP) is 2.11. The number of carboxylic acid groups (broad SMARTS) is 1. The van der Waals surface area contributed by atoms with Crippen LogP contribution in [0.2, 0.25) is 0 Å². The van der Waals surface area contributed by atoms with Gasteiger partial charge >= 0.3 is 5.97 Å². The Labute approximate surface area is 89.4 Å². The van der Waals surface area contributed by atoms with Crippen molar-refractivity contribution in [3.8, 4) is 5.75 Å². The summed E-state index contributed by atoms with van der Waals surface area (Å²) in [7, 11) is 0. The van der Waals surface area contributed by atoms with Gasteiger partial charge in [0.15, 0.2) is 11.4 Å². The van der Waals surface area contributed by atoms with Crippen LogP contribution in [-0.2, 0) is 0 Å². The Hall–Kier alpha value is -1.36. The molecule has 1 heterocycles. The molecular weight excluding hydrogens is 250 g/mol. The number of ether oxygens (including phenoxy) is 1. The zero-order valence-electron chi connectivity index (χ0n) is 7.24. The first-order valence-electron chi connectivity index (χ1n) is 3.78. The van der Waals surface area contributed by atoms with Crippen LogP contribution >= 0.6 is 15.9 Å². The topological polar surface area (TPSA) is 59.4 Å². The Morgan fingerprint density at radius 2 is 2.43 bits per heavy atom. The lowest BCUT2D eigenvalue weighted by Crippen LogP contribution is -2.05. The first-order chi connectivity index (χ1) is 6.65. The summed E-state index contributed by atoms with van der Waals surface area (Å²) in [5, 5.41) is 8.80. The molecule has 74 valence electrons. The minimum absolute atomic E-state index is 0.110. The monoisotopic (exact) mass is 257 g/mol. The fraction of sp³-hybridized carbons (Fsp3) is 0.111. The number of aromatic nitrogens is 1. The predicted molar refractivity (Wildman–Crippen MR) is 54.6 cm³/mol. The first-order valence-corrected chi connectivity index (χ1v) is 4.58. The van der Waals surface area contributed by atoms with Gasteiger partial charge in [0.25, 0.3) is 0 Å². The van der Waals surface area contributed by atoms with E-state index in [1.807, 2.05) is 0 Å². The number of rotatable bonds is 4. The van der Waals surface area contributed by atoms with E-state index in [9.17, 15) is 4.79 Å². The zero-order chi connectivity index (χ0) is 10.6. The number of carboxylic acids is 1. The molecule has 0 aliphatic rings. The van der Waals surface area contributed by atoms with Crippen molar-refractivity contribution < 1.29 is 14.6 Å². The largest absolute Gasteiger partial charge is 0.487 e. The highest BCUT2D eigenvalue weighted by Gasteiger charge is 2.13. The molecule has 1 aromatic rings. The molecule has 1 aromatic heterocycles. The second kappa shape index (κ2) is 4.76. The average molecular weight is 258 g/mol. The van der Waals surface area contributed by atoms with Gasteiger partial charge < -0.3 is 9.84 Å². The van der Waals surface area contributed by atoms with Crippen LogP contribution in [-0.4, -0.2) is 22.7 Å². The maximum Gasteiger partial charge on any atom is 0.358 e. The molecule has 0 aliphatic heterocycles. The number of aromatic carboxylic acids is 1. The first kappa shape index (κ1) is 10.7. The highest BCUT2D eigenvalue weighted by atomic mass is 79.9. The summed E-state index contributed by atoms with van der Waals surface area (Å²) in [4.78, 5) is 14.5. The Kier molecular flexibility index (Phi) is 3.64. The van der Waals surface area contributed by atoms with Gasteiger partial charge in [0.1, 0.15) is 11.2 Å².